The number of para-hydroxylation sites is 2. The van der Waals surface area contributed by atoms with Crippen molar-refractivity contribution >= 4 is 29.3 Å². The molecule has 0 saturated heterocycles. The van der Waals surface area contributed by atoms with E-state index in [-0.39, 0.29) is 11.8 Å². The van der Waals surface area contributed by atoms with Crippen LogP contribution in [0, 0.1) is 0 Å². The Balaban J connectivity index is 1.44. The molecule has 30 heavy (non-hydrogen) atoms. The highest BCUT2D eigenvalue weighted by Crippen LogP contribution is 2.17. The van der Waals surface area contributed by atoms with Crippen molar-refractivity contribution in [2.45, 2.75) is 12.3 Å². The third-order valence-electron chi connectivity index (χ3n) is 4.41. The summed E-state index contributed by atoms with van der Waals surface area (Å²) in [5.74, 6) is 1.66. The molecule has 0 aliphatic rings. The Morgan fingerprint density at radius 2 is 1.60 bits per heavy atom. The Labute approximate surface area is 180 Å². The fourth-order valence-electron chi connectivity index (χ4n) is 2.86. The van der Waals surface area contributed by atoms with Crippen LogP contribution < -0.4 is 15.4 Å². The Morgan fingerprint density at radius 1 is 0.900 bits per heavy atom. The van der Waals surface area contributed by atoms with Crippen molar-refractivity contribution in [2.24, 2.45) is 0 Å². The van der Waals surface area contributed by atoms with Crippen LogP contribution in [0.3, 0.4) is 0 Å². The summed E-state index contributed by atoms with van der Waals surface area (Å²) in [6.45, 7) is 0.400. The highest BCUT2D eigenvalue weighted by molar-refractivity contribution is 7.99. The Morgan fingerprint density at radius 3 is 2.33 bits per heavy atom. The van der Waals surface area contributed by atoms with Gasteiger partial charge < -0.3 is 15.4 Å². The molecule has 3 rings (SSSR count). The van der Waals surface area contributed by atoms with Crippen LogP contribution in [0.2, 0.25) is 0 Å². The fourth-order valence-corrected chi connectivity index (χ4v) is 3.65. The molecule has 2 N–H and O–H groups in total. The lowest BCUT2D eigenvalue weighted by Gasteiger charge is -2.10. The van der Waals surface area contributed by atoms with Gasteiger partial charge >= 0.3 is 0 Å². The molecule has 2 amide bonds. The van der Waals surface area contributed by atoms with Crippen molar-refractivity contribution < 1.29 is 14.3 Å². The molecule has 0 atom stereocenters. The number of hydrogen-bond acceptors (Lipinski definition) is 4. The summed E-state index contributed by atoms with van der Waals surface area (Å²) in [6.07, 6.45) is 0. The number of hydrogen-bond donors (Lipinski definition) is 2. The molecule has 3 aromatic rings. The molecule has 0 spiro atoms. The van der Waals surface area contributed by atoms with Crippen LogP contribution in [0.5, 0.6) is 5.75 Å². The van der Waals surface area contributed by atoms with Crippen LogP contribution >= 0.6 is 11.8 Å². The van der Waals surface area contributed by atoms with Gasteiger partial charge in [-0.2, -0.15) is 0 Å². The van der Waals surface area contributed by atoms with Crippen molar-refractivity contribution in [3.63, 3.8) is 0 Å². The molecule has 0 aromatic heterocycles. The summed E-state index contributed by atoms with van der Waals surface area (Å²) >= 11 is 1.53. The minimum atomic E-state index is -0.137. The van der Waals surface area contributed by atoms with Gasteiger partial charge in [0.05, 0.1) is 12.9 Å². The number of thioether (sulfide) groups is 1. The zero-order valence-corrected chi connectivity index (χ0v) is 17.6. The Kier molecular flexibility index (Phi) is 7.92. The molecular weight excluding hydrogens is 396 g/mol. The van der Waals surface area contributed by atoms with Gasteiger partial charge in [-0.15, -0.1) is 11.8 Å². The first-order valence-corrected chi connectivity index (χ1v) is 10.7. The number of rotatable bonds is 9. The van der Waals surface area contributed by atoms with Gasteiger partial charge in [-0.3, -0.25) is 9.59 Å². The van der Waals surface area contributed by atoms with Gasteiger partial charge in [-0.25, -0.2) is 0 Å². The normalized spacial score (nSPS) is 10.3. The third kappa shape index (κ3) is 6.39. The lowest BCUT2D eigenvalue weighted by Crippen LogP contribution is -2.23. The molecule has 0 radical (unpaired) electrons. The number of ether oxygens (including phenoxy) is 1. The molecule has 5 nitrogen and oxygen atoms in total. The number of nitrogens with one attached hydrogen (secondary N) is 2. The van der Waals surface area contributed by atoms with Crippen LogP contribution in [-0.4, -0.2) is 24.7 Å². The van der Waals surface area contributed by atoms with Crippen LogP contribution in [0.25, 0.3) is 0 Å². The van der Waals surface area contributed by atoms with E-state index in [9.17, 15) is 9.59 Å². The van der Waals surface area contributed by atoms with Crippen molar-refractivity contribution in [1.82, 2.24) is 5.32 Å². The predicted octanol–water partition coefficient (Wildman–Crippen LogP) is 4.50. The van der Waals surface area contributed by atoms with E-state index in [0.29, 0.717) is 23.6 Å². The second-order valence-electron chi connectivity index (χ2n) is 6.60. The molecule has 0 unspecified atom stereocenters. The summed E-state index contributed by atoms with van der Waals surface area (Å²) in [4.78, 5) is 24.4. The molecule has 0 aliphatic heterocycles. The van der Waals surface area contributed by atoms with Crippen molar-refractivity contribution in [1.29, 1.82) is 0 Å². The summed E-state index contributed by atoms with van der Waals surface area (Å²) < 4.78 is 5.30. The number of amides is 2. The summed E-state index contributed by atoms with van der Waals surface area (Å²) in [7, 11) is 1.61. The van der Waals surface area contributed by atoms with Crippen molar-refractivity contribution in [2.75, 3.05) is 18.2 Å². The first-order chi connectivity index (χ1) is 14.7. The minimum absolute atomic E-state index is 0.0291. The van der Waals surface area contributed by atoms with Gasteiger partial charge in [0.2, 0.25) is 5.91 Å². The largest absolute Gasteiger partial charge is 0.496 e. The molecule has 0 aliphatic carbocycles. The van der Waals surface area contributed by atoms with Gasteiger partial charge in [-0.1, -0.05) is 48.5 Å². The first kappa shape index (κ1) is 21.5. The zero-order valence-electron chi connectivity index (χ0n) is 16.8. The molecule has 3 aromatic carbocycles. The van der Waals surface area contributed by atoms with Crippen LogP contribution in [0.1, 0.15) is 21.5 Å². The number of carbonyl (C=O) groups is 2. The van der Waals surface area contributed by atoms with E-state index < -0.39 is 0 Å². The molecule has 0 bridgehead atoms. The number of anilines is 1. The lowest BCUT2D eigenvalue weighted by molar-refractivity contribution is -0.113. The zero-order chi connectivity index (χ0) is 21.2. The van der Waals surface area contributed by atoms with E-state index in [4.69, 9.17) is 4.74 Å². The smallest absolute Gasteiger partial charge is 0.251 e. The Bertz CT molecular complexity index is 975. The highest BCUT2D eigenvalue weighted by atomic mass is 32.2. The summed E-state index contributed by atoms with van der Waals surface area (Å²) in [5.41, 5.74) is 3.39. The van der Waals surface area contributed by atoms with Gasteiger partial charge in [0.25, 0.3) is 5.91 Å². The first-order valence-electron chi connectivity index (χ1n) is 9.57. The molecule has 6 heteroatoms. The predicted molar refractivity (Wildman–Crippen MR) is 122 cm³/mol. The lowest BCUT2D eigenvalue weighted by atomic mass is 10.1. The summed E-state index contributed by atoms with van der Waals surface area (Å²) in [6, 6.07) is 24.4. The van der Waals surface area contributed by atoms with E-state index >= 15 is 0 Å². The summed E-state index contributed by atoms with van der Waals surface area (Å²) in [5, 5.41) is 5.78. The number of carbonyl (C=O) groups excluding carboxylic acids is 2. The minimum Gasteiger partial charge on any atom is -0.496 e. The van der Waals surface area contributed by atoms with E-state index in [1.54, 1.807) is 19.2 Å². The van der Waals surface area contributed by atoms with Crippen molar-refractivity contribution in [3.05, 3.63) is 95.6 Å². The standard InChI is InChI=1S/C24H24N2O3S/c1-29-22-10-6-5-7-20(22)15-25-24(28)19-13-11-18(12-14-19)16-30-17-23(27)26-21-8-3-2-4-9-21/h2-14H,15-17H2,1H3,(H,25,28)(H,26,27). The maximum absolute atomic E-state index is 12.4. The topological polar surface area (TPSA) is 67.4 Å². The van der Waals surface area contributed by atoms with E-state index in [2.05, 4.69) is 10.6 Å². The molecule has 154 valence electrons. The highest BCUT2D eigenvalue weighted by Gasteiger charge is 2.08. The second kappa shape index (κ2) is 11.1. The molecular formula is C24H24N2O3S. The number of methoxy groups -OCH3 is 1. The molecule has 0 fully saturated rings. The maximum Gasteiger partial charge on any atom is 0.251 e. The maximum atomic E-state index is 12.4. The quantitative estimate of drug-likeness (QED) is 0.535. The van der Waals surface area contributed by atoms with Gasteiger partial charge in [0, 0.05) is 29.1 Å². The monoisotopic (exact) mass is 420 g/mol. The Hall–Kier alpha value is -3.25. The molecule has 0 heterocycles. The average Bonchev–Trinajstić information content (AvgIpc) is 2.78. The van der Waals surface area contributed by atoms with Gasteiger partial charge in [0.15, 0.2) is 0 Å². The van der Waals surface area contributed by atoms with E-state index in [1.165, 1.54) is 11.8 Å². The average molecular weight is 421 g/mol. The van der Waals surface area contributed by atoms with E-state index in [0.717, 1.165) is 22.6 Å². The molecule has 0 saturated carbocycles. The fraction of sp³-hybridized carbons (Fsp3) is 0.167. The van der Waals surface area contributed by atoms with Crippen LogP contribution in [0.15, 0.2) is 78.9 Å². The van der Waals surface area contributed by atoms with Crippen LogP contribution in [0.4, 0.5) is 5.69 Å². The van der Waals surface area contributed by atoms with Crippen LogP contribution in [-0.2, 0) is 17.1 Å². The van der Waals surface area contributed by atoms with Crippen molar-refractivity contribution in [3.8, 4) is 5.75 Å². The SMILES string of the molecule is COc1ccccc1CNC(=O)c1ccc(CSCC(=O)Nc2ccccc2)cc1. The van der Waals surface area contributed by atoms with Gasteiger partial charge in [0.1, 0.15) is 5.75 Å². The van der Waals surface area contributed by atoms with Gasteiger partial charge in [-0.05, 0) is 35.9 Å². The van der Waals surface area contributed by atoms with E-state index in [1.807, 2.05) is 66.7 Å². The number of benzene rings is 3. The third-order valence-corrected chi connectivity index (χ3v) is 5.41. The second-order valence-corrected chi connectivity index (χ2v) is 7.58.